The highest BCUT2D eigenvalue weighted by atomic mass is 16.6. The summed E-state index contributed by atoms with van der Waals surface area (Å²) in [4.78, 5) is 13.8. The van der Waals surface area contributed by atoms with Crippen molar-refractivity contribution in [3.05, 3.63) is 0 Å². The average molecular weight is 347 g/mol. The summed E-state index contributed by atoms with van der Waals surface area (Å²) in [5.41, 5.74) is -0.505. The maximum absolute atomic E-state index is 12.1. The van der Waals surface area contributed by atoms with Crippen LogP contribution < -0.4 is 0 Å². The van der Waals surface area contributed by atoms with E-state index in [0.29, 0.717) is 59.0 Å². The maximum atomic E-state index is 12.1. The highest BCUT2D eigenvalue weighted by Crippen LogP contribution is 2.22. The van der Waals surface area contributed by atoms with Gasteiger partial charge in [-0.05, 0) is 33.6 Å². The quantitative estimate of drug-likeness (QED) is 0.640. The number of aliphatic hydroxyl groups excluding tert-OH is 1. The van der Waals surface area contributed by atoms with Crippen LogP contribution in [0.2, 0.25) is 0 Å². The van der Waals surface area contributed by atoms with Crippen molar-refractivity contribution in [3.63, 3.8) is 0 Å². The molecule has 1 rings (SSSR count). The van der Waals surface area contributed by atoms with E-state index in [1.54, 1.807) is 12.0 Å². The molecule has 1 amide bonds. The van der Waals surface area contributed by atoms with Gasteiger partial charge < -0.3 is 29.0 Å². The van der Waals surface area contributed by atoms with Crippen LogP contribution in [0.5, 0.6) is 0 Å². The third kappa shape index (κ3) is 8.82. The summed E-state index contributed by atoms with van der Waals surface area (Å²) in [6.07, 6.45) is 0.569. The van der Waals surface area contributed by atoms with Gasteiger partial charge in [-0.3, -0.25) is 0 Å². The molecule has 0 radical (unpaired) electrons. The maximum Gasteiger partial charge on any atom is 0.410 e. The Morgan fingerprint density at radius 2 is 1.75 bits per heavy atom. The molecule has 7 heteroatoms. The van der Waals surface area contributed by atoms with Gasteiger partial charge in [0.05, 0.1) is 32.5 Å². The molecule has 2 atom stereocenters. The zero-order chi connectivity index (χ0) is 18.0. The molecule has 1 fully saturated rings. The number of hydrogen-bond donors (Lipinski definition) is 1. The van der Waals surface area contributed by atoms with Crippen molar-refractivity contribution in [2.45, 2.75) is 45.3 Å². The molecule has 142 valence electrons. The van der Waals surface area contributed by atoms with Gasteiger partial charge in [-0.25, -0.2) is 4.79 Å². The first-order valence-corrected chi connectivity index (χ1v) is 8.64. The number of carbonyl (C=O) groups excluding carboxylic acids is 1. The molecular weight excluding hydrogens is 314 g/mol. The predicted octanol–water partition coefficient (Wildman–Crippen LogP) is 1.67. The van der Waals surface area contributed by atoms with E-state index >= 15 is 0 Å². The lowest BCUT2D eigenvalue weighted by Gasteiger charge is -2.37. The first-order chi connectivity index (χ1) is 11.3. The van der Waals surface area contributed by atoms with Gasteiger partial charge in [0.2, 0.25) is 0 Å². The second-order valence-electron chi connectivity index (χ2n) is 7.05. The predicted molar refractivity (Wildman–Crippen MR) is 90.1 cm³/mol. The largest absolute Gasteiger partial charge is 0.444 e. The second-order valence-corrected chi connectivity index (χ2v) is 7.05. The molecule has 0 spiro atoms. The molecule has 1 aliphatic heterocycles. The third-order valence-corrected chi connectivity index (χ3v) is 3.78. The van der Waals surface area contributed by atoms with Crippen LogP contribution in [0, 0.1) is 5.92 Å². The zero-order valence-corrected chi connectivity index (χ0v) is 15.5. The lowest BCUT2D eigenvalue weighted by atomic mass is 9.92. The number of hydrogen-bond acceptors (Lipinski definition) is 6. The molecule has 1 saturated heterocycles. The molecule has 2 unspecified atom stereocenters. The molecule has 0 aromatic rings. The average Bonchev–Trinajstić information content (AvgIpc) is 2.49. The van der Waals surface area contributed by atoms with Crippen LogP contribution in [0.4, 0.5) is 4.79 Å². The van der Waals surface area contributed by atoms with Crippen molar-refractivity contribution < 1.29 is 28.8 Å². The number of ether oxygens (including phenoxy) is 4. The van der Waals surface area contributed by atoms with Crippen molar-refractivity contribution in [2.24, 2.45) is 5.92 Å². The number of methoxy groups -OCH3 is 1. The molecule has 7 nitrogen and oxygen atoms in total. The van der Waals surface area contributed by atoms with Crippen LogP contribution in [0.25, 0.3) is 0 Å². The van der Waals surface area contributed by atoms with Gasteiger partial charge in [0.25, 0.3) is 0 Å². The van der Waals surface area contributed by atoms with E-state index < -0.39 is 11.7 Å². The SMILES string of the molecule is COCCOCCOCCC1CN(C(=O)OC(C)(C)C)CCC1O. The minimum atomic E-state index is -0.505. The summed E-state index contributed by atoms with van der Waals surface area (Å²) in [6, 6.07) is 0. The Kier molecular flexibility index (Phi) is 9.58. The minimum absolute atomic E-state index is 0.0145. The molecule has 0 saturated carbocycles. The van der Waals surface area contributed by atoms with E-state index in [9.17, 15) is 9.90 Å². The summed E-state index contributed by atoms with van der Waals surface area (Å²) in [6.45, 7) is 9.31. The van der Waals surface area contributed by atoms with Crippen molar-refractivity contribution in [3.8, 4) is 0 Å². The molecule has 0 aliphatic carbocycles. The zero-order valence-electron chi connectivity index (χ0n) is 15.5. The van der Waals surface area contributed by atoms with Crippen molar-refractivity contribution >= 4 is 6.09 Å². The van der Waals surface area contributed by atoms with Gasteiger partial charge in [-0.2, -0.15) is 0 Å². The molecule has 1 heterocycles. The Morgan fingerprint density at radius 3 is 2.38 bits per heavy atom. The topological polar surface area (TPSA) is 77.5 Å². The van der Waals surface area contributed by atoms with Gasteiger partial charge >= 0.3 is 6.09 Å². The Labute approximate surface area is 145 Å². The lowest BCUT2D eigenvalue weighted by Crippen LogP contribution is -2.47. The fourth-order valence-corrected chi connectivity index (χ4v) is 2.49. The van der Waals surface area contributed by atoms with Gasteiger partial charge in [-0.1, -0.05) is 0 Å². The van der Waals surface area contributed by atoms with Gasteiger partial charge in [0, 0.05) is 32.7 Å². The summed E-state index contributed by atoms with van der Waals surface area (Å²) in [5, 5.41) is 10.1. The van der Waals surface area contributed by atoms with Crippen LogP contribution in [-0.2, 0) is 18.9 Å². The van der Waals surface area contributed by atoms with E-state index in [0.717, 1.165) is 0 Å². The Balaban J connectivity index is 2.22. The summed E-state index contributed by atoms with van der Waals surface area (Å²) in [7, 11) is 1.63. The molecular formula is C17H33NO6. The van der Waals surface area contributed by atoms with Crippen LogP contribution in [0.3, 0.4) is 0 Å². The third-order valence-electron chi connectivity index (χ3n) is 3.78. The molecule has 24 heavy (non-hydrogen) atoms. The number of likely N-dealkylation sites (tertiary alicyclic amines) is 1. The van der Waals surface area contributed by atoms with Gasteiger partial charge in [-0.15, -0.1) is 0 Å². The van der Waals surface area contributed by atoms with Crippen molar-refractivity contribution in [1.29, 1.82) is 0 Å². The van der Waals surface area contributed by atoms with Crippen molar-refractivity contribution in [2.75, 3.05) is 53.2 Å². The number of piperidine rings is 1. The number of nitrogens with zero attached hydrogens (tertiary/aromatic N) is 1. The normalized spacial score (nSPS) is 21.8. The van der Waals surface area contributed by atoms with Gasteiger partial charge in [0.1, 0.15) is 5.60 Å². The molecule has 1 N–H and O–H groups in total. The number of aliphatic hydroxyl groups is 1. The fourth-order valence-electron chi connectivity index (χ4n) is 2.49. The Hall–Kier alpha value is -0.890. The van der Waals surface area contributed by atoms with E-state index in [1.807, 2.05) is 20.8 Å². The van der Waals surface area contributed by atoms with E-state index in [1.165, 1.54) is 0 Å². The minimum Gasteiger partial charge on any atom is -0.444 e. The van der Waals surface area contributed by atoms with Crippen LogP contribution >= 0.6 is 0 Å². The van der Waals surface area contributed by atoms with Gasteiger partial charge in [0.15, 0.2) is 0 Å². The highest BCUT2D eigenvalue weighted by molar-refractivity contribution is 5.68. The fraction of sp³-hybridized carbons (Fsp3) is 0.941. The smallest absolute Gasteiger partial charge is 0.410 e. The first-order valence-electron chi connectivity index (χ1n) is 8.64. The van der Waals surface area contributed by atoms with E-state index in [2.05, 4.69) is 0 Å². The Bertz CT molecular complexity index is 357. The summed E-state index contributed by atoms with van der Waals surface area (Å²) in [5.74, 6) is 0.0145. The molecule has 1 aliphatic rings. The monoisotopic (exact) mass is 347 g/mol. The Morgan fingerprint density at radius 1 is 1.12 bits per heavy atom. The molecule has 0 bridgehead atoms. The standard InChI is InChI=1S/C17H33NO6/c1-17(2,3)24-16(20)18-7-5-15(19)14(13-18)6-8-22-11-12-23-10-9-21-4/h14-15,19H,5-13H2,1-4H3. The van der Waals surface area contributed by atoms with Crippen molar-refractivity contribution in [1.82, 2.24) is 4.90 Å². The summed E-state index contributed by atoms with van der Waals surface area (Å²) < 4.78 is 21.1. The lowest BCUT2D eigenvalue weighted by molar-refractivity contribution is -0.0207. The van der Waals surface area contributed by atoms with Crippen LogP contribution in [0.15, 0.2) is 0 Å². The molecule has 0 aromatic heterocycles. The number of carbonyl (C=O) groups is 1. The van der Waals surface area contributed by atoms with E-state index in [-0.39, 0.29) is 12.0 Å². The first kappa shape index (κ1) is 21.2. The van der Waals surface area contributed by atoms with E-state index in [4.69, 9.17) is 18.9 Å². The van der Waals surface area contributed by atoms with Crippen LogP contribution in [0.1, 0.15) is 33.6 Å². The number of amides is 1. The van der Waals surface area contributed by atoms with Crippen LogP contribution in [-0.4, -0.2) is 81.0 Å². The number of rotatable bonds is 9. The molecule has 0 aromatic carbocycles. The summed E-state index contributed by atoms with van der Waals surface area (Å²) >= 11 is 0. The highest BCUT2D eigenvalue weighted by Gasteiger charge is 2.32. The second kappa shape index (κ2) is 10.9.